The van der Waals surface area contributed by atoms with Crippen LogP contribution < -0.4 is 15.6 Å². The van der Waals surface area contributed by atoms with Crippen molar-refractivity contribution in [3.8, 4) is 23.0 Å². The van der Waals surface area contributed by atoms with Crippen LogP contribution in [-0.2, 0) is 0 Å². The first-order valence-corrected chi connectivity index (χ1v) is 9.39. The second-order valence-corrected chi connectivity index (χ2v) is 6.65. The molecule has 0 spiro atoms. The Bertz CT molecular complexity index is 1420. The summed E-state index contributed by atoms with van der Waals surface area (Å²) in [6, 6.07) is 22.5. The Morgan fingerprint density at radius 1 is 0.900 bits per heavy atom. The van der Waals surface area contributed by atoms with E-state index >= 15 is 0 Å². The van der Waals surface area contributed by atoms with Gasteiger partial charge in [-0.15, -0.1) is 10.2 Å². The van der Waals surface area contributed by atoms with E-state index in [2.05, 4.69) is 15.2 Å². The molecule has 0 radical (unpaired) electrons. The van der Waals surface area contributed by atoms with Gasteiger partial charge < -0.3 is 4.74 Å². The third-order valence-electron chi connectivity index (χ3n) is 4.84. The maximum atomic E-state index is 13.5. The number of imidazole rings is 1. The molecule has 0 fully saturated rings. The fourth-order valence-corrected chi connectivity index (χ4v) is 3.40. The second kappa shape index (κ2) is 7.29. The molecule has 0 aliphatic heterocycles. The van der Waals surface area contributed by atoms with E-state index in [0.717, 1.165) is 17.0 Å². The molecule has 7 heteroatoms. The van der Waals surface area contributed by atoms with Crippen molar-refractivity contribution in [3.05, 3.63) is 100 Å². The largest absolute Gasteiger partial charge is 0.497 e. The van der Waals surface area contributed by atoms with Gasteiger partial charge in [0.25, 0.3) is 5.56 Å². The highest BCUT2D eigenvalue weighted by Gasteiger charge is 2.19. The highest BCUT2D eigenvalue weighted by Crippen LogP contribution is 2.16. The minimum absolute atomic E-state index is 0.181. The highest BCUT2D eigenvalue weighted by molar-refractivity contribution is 5.59. The number of rotatable bonds is 4. The van der Waals surface area contributed by atoms with Crippen molar-refractivity contribution in [2.24, 2.45) is 0 Å². The van der Waals surface area contributed by atoms with Crippen LogP contribution in [0.2, 0.25) is 0 Å². The van der Waals surface area contributed by atoms with Gasteiger partial charge in [0.2, 0.25) is 5.78 Å². The Kier molecular flexibility index (Phi) is 4.33. The molecule has 0 saturated heterocycles. The topological polar surface area (TPSA) is 74.3 Å². The zero-order valence-corrected chi connectivity index (χ0v) is 16.1. The third kappa shape index (κ3) is 2.93. The zero-order chi connectivity index (χ0) is 20.5. The molecule has 3 heterocycles. The summed E-state index contributed by atoms with van der Waals surface area (Å²) < 4.78 is 8.54. The molecule has 146 valence electrons. The van der Waals surface area contributed by atoms with Gasteiger partial charge in [-0.2, -0.15) is 0 Å². The number of ether oxygens (including phenoxy) is 1. The summed E-state index contributed by atoms with van der Waals surface area (Å²) in [7, 11) is 1.62. The smallest absolute Gasteiger partial charge is 0.282 e. The van der Waals surface area contributed by atoms with Crippen molar-refractivity contribution in [2.75, 3.05) is 7.11 Å². The molecule has 5 aromatic rings. The first-order chi connectivity index (χ1) is 14.8. The number of fused-ring (bicyclic) bond motifs is 1. The van der Waals surface area contributed by atoms with Crippen LogP contribution in [0.4, 0.5) is 0 Å². The number of benzene rings is 2. The average molecular weight is 395 g/mol. The van der Waals surface area contributed by atoms with Crippen LogP contribution in [0.15, 0.2) is 83.8 Å². The van der Waals surface area contributed by atoms with Gasteiger partial charge in [0.05, 0.1) is 12.8 Å². The molecule has 0 N–H and O–H groups in total. The van der Waals surface area contributed by atoms with E-state index in [1.54, 1.807) is 22.3 Å². The molecule has 0 atom stereocenters. The highest BCUT2D eigenvalue weighted by atomic mass is 16.5. The molecule has 0 aliphatic carbocycles. The van der Waals surface area contributed by atoms with Crippen molar-refractivity contribution in [1.82, 2.24) is 24.1 Å². The van der Waals surface area contributed by atoms with E-state index in [0.29, 0.717) is 22.6 Å². The monoisotopic (exact) mass is 395 g/mol. The fourth-order valence-electron chi connectivity index (χ4n) is 3.40. The normalized spacial score (nSPS) is 11.8. The summed E-state index contributed by atoms with van der Waals surface area (Å²) in [5, 5.41) is 9.10. The number of aromatic nitrogens is 5. The van der Waals surface area contributed by atoms with Gasteiger partial charge in [-0.05, 0) is 48.0 Å². The lowest BCUT2D eigenvalue weighted by molar-refractivity contribution is 0.415. The van der Waals surface area contributed by atoms with Gasteiger partial charge in [0.1, 0.15) is 16.8 Å². The van der Waals surface area contributed by atoms with Gasteiger partial charge in [-0.1, -0.05) is 36.4 Å². The van der Waals surface area contributed by atoms with Crippen molar-refractivity contribution in [2.45, 2.75) is 0 Å². The quantitative estimate of drug-likeness (QED) is 0.467. The Balaban J connectivity index is 1.84. The minimum atomic E-state index is -0.181. The van der Waals surface area contributed by atoms with E-state index in [9.17, 15) is 4.79 Å². The Hall–Kier alpha value is -4.26. The Labute approximate surface area is 171 Å². The van der Waals surface area contributed by atoms with Crippen LogP contribution >= 0.6 is 0 Å². The standard InChI is InChI=1S/C23H17N5O2/c1-30-18-12-10-16(11-13-18)15-20-22(29)27(17-7-3-2-4-8-17)23-26-25-21(28(20)23)19-9-5-6-14-24-19/h2-15H,1H3/b20-15+. The maximum Gasteiger partial charge on any atom is 0.282 e. The molecule has 0 saturated carbocycles. The number of pyridine rings is 1. The zero-order valence-electron chi connectivity index (χ0n) is 16.1. The molecule has 30 heavy (non-hydrogen) atoms. The van der Waals surface area contributed by atoms with Crippen LogP contribution in [0.5, 0.6) is 5.75 Å². The van der Waals surface area contributed by atoms with E-state index in [1.165, 1.54) is 0 Å². The van der Waals surface area contributed by atoms with E-state index in [-0.39, 0.29) is 5.56 Å². The van der Waals surface area contributed by atoms with Crippen molar-refractivity contribution in [3.63, 3.8) is 0 Å². The lowest BCUT2D eigenvalue weighted by Crippen LogP contribution is -2.30. The molecule has 2 aromatic carbocycles. The molecule has 0 aliphatic rings. The summed E-state index contributed by atoms with van der Waals surface area (Å²) in [5.74, 6) is 1.70. The summed E-state index contributed by atoms with van der Waals surface area (Å²) in [6.07, 6.45) is 3.51. The van der Waals surface area contributed by atoms with Crippen LogP contribution in [0.3, 0.4) is 0 Å². The second-order valence-electron chi connectivity index (χ2n) is 6.65. The molecule has 0 unspecified atom stereocenters. The Morgan fingerprint density at radius 3 is 2.37 bits per heavy atom. The summed E-state index contributed by atoms with van der Waals surface area (Å²) in [6.45, 7) is 0. The predicted octanol–water partition coefficient (Wildman–Crippen LogP) is 2.50. The number of para-hydroxylation sites is 1. The predicted molar refractivity (Wildman–Crippen MR) is 114 cm³/mol. The number of methoxy groups -OCH3 is 1. The van der Waals surface area contributed by atoms with Gasteiger partial charge in [-0.25, -0.2) is 4.57 Å². The first-order valence-electron chi connectivity index (χ1n) is 9.39. The lowest BCUT2D eigenvalue weighted by Gasteiger charge is -1.99. The number of nitrogens with zero attached hydrogens (tertiary/aromatic N) is 5. The van der Waals surface area contributed by atoms with Crippen molar-refractivity contribution >= 4 is 11.9 Å². The first kappa shape index (κ1) is 17.8. The number of hydrogen-bond acceptors (Lipinski definition) is 5. The molecule has 0 bridgehead atoms. The van der Waals surface area contributed by atoms with Crippen molar-refractivity contribution in [1.29, 1.82) is 0 Å². The average Bonchev–Trinajstić information content (AvgIpc) is 3.34. The van der Waals surface area contributed by atoms with Gasteiger partial charge in [-0.3, -0.25) is 14.2 Å². The summed E-state index contributed by atoms with van der Waals surface area (Å²) >= 11 is 0. The third-order valence-corrected chi connectivity index (χ3v) is 4.84. The van der Waals surface area contributed by atoms with E-state index in [4.69, 9.17) is 4.74 Å². The minimum Gasteiger partial charge on any atom is -0.497 e. The van der Waals surface area contributed by atoms with Gasteiger partial charge in [0.15, 0.2) is 5.82 Å². The SMILES string of the molecule is COc1ccc(/C=c2\c(=O)n(-c3ccccc3)c3nnc(-c4ccccn4)n23)cc1. The van der Waals surface area contributed by atoms with Crippen molar-refractivity contribution < 1.29 is 4.74 Å². The van der Waals surface area contributed by atoms with Gasteiger partial charge >= 0.3 is 0 Å². The molecule has 7 nitrogen and oxygen atoms in total. The van der Waals surface area contributed by atoms with E-state index < -0.39 is 0 Å². The molecule has 3 aromatic heterocycles. The molecular formula is C23H17N5O2. The molecule has 0 amide bonds. The Morgan fingerprint density at radius 2 is 1.67 bits per heavy atom. The number of hydrogen-bond donors (Lipinski definition) is 0. The van der Waals surface area contributed by atoms with Crippen LogP contribution in [0.25, 0.3) is 29.1 Å². The van der Waals surface area contributed by atoms with Gasteiger partial charge in [0, 0.05) is 6.20 Å². The van der Waals surface area contributed by atoms with E-state index in [1.807, 2.05) is 78.9 Å². The fraction of sp³-hybridized carbons (Fsp3) is 0.0435. The molecular weight excluding hydrogens is 378 g/mol. The lowest BCUT2D eigenvalue weighted by atomic mass is 10.2. The summed E-state index contributed by atoms with van der Waals surface area (Å²) in [4.78, 5) is 17.8. The molecule has 5 rings (SSSR count). The van der Waals surface area contributed by atoms with Crippen LogP contribution in [-0.4, -0.2) is 31.3 Å². The maximum absolute atomic E-state index is 13.5. The summed E-state index contributed by atoms with van der Waals surface area (Å²) in [5.41, 5.74) is 2.04. The van der Waals surface area contributed by atoms with Crippen LogP contribution in [0, 0.1) is 0 Å². The van der Waals surface area contributed by atoms with Crippen LogP contribution in [0.1, 0.15) is 5.56 Å².